The van der Waals surface area contributed by atoms with Crippen LogP contribution in [-0.4, -0.2) is 30.5 Å². The largest absolute Gasteiger partial charge is 0.473 e. The molecule has 0 aromatic heterocycles. The highest BCUT2D eigenvalue weighted by Gasteiger charge is 2.61. The van der Waals surface area contributed by atoms with Crippen LogP contribution < -0.4 is 0 Å². The molecule has 0 aromatic rings. The lowest BCUT2D eigenvalue weighted by Crippen LogP contribution is -2.58. The van der Waals surface area contributed by atoms with Gasteiger partial charge in [-0.15, -0.1) is 0 Å². The van der Waals surface area contributed by atoms with E-state index in [0.29, 0.717) is 5.92 Å². The summed E-state index contributed by atoms with van der Waals surface area (Å²) < 4.78 is 47.3. The zero-order valence-electron chi connectivity index (χ0n) is 12.7. The molecule has 1 N–H and O–H groups in total. The monoisotopic (exact) mass is 310 g/mol. The summed E-state index contributed by atoms with van der Waals surface area (Å²) in [6.07, 6.45) is 1.72. The van der Waals surface area contributed by atoms with Crippen LogP contribution in [-0.2, 0) is 9.47 Å². The molecule has 0 atom stereocenters. The predicted octanol–water partition coefficient (Wildman–Crippen LogP) is 3.85. The Morgan fingerprint density at radius 3 is 2.05 bits per heavy atom. The quantitative estimate of drug-likeness (QED) is 0.860. The van der Waals surface area contributed by atoms with Crippen LogP contribution in [0.15, 0.2) is 0 Å². The van der Waals surface area contributed by atoms with Crippen molar-refractivity contribution in [2.45, 2.75) is 64.5 Å². The molecule has 1 saturated carbocycles. The van der Waals surface area contributed by atoms with E-state index in [9.17, 15) is 18.3 Å². The molecule has 1 heterocycles. The normalized spacial score (nSPS) is 42.0. The van der Waals surface area contributed by atoms with Crippen molar-refractivity contribution >= 4 is 0 Å². The second-order valence-corrected chi connectivity index (χ2v) is 6.82. The van der Waals surface area contributed by atoms with E-state index in [2.05, 4.69) is 16.4 Å². The van der Waals surface area contributed by atoms with Gasteiger partial charge in [0.25, 0.3) is 0 Å². The summed E-state index contributed by atoms with van der Waals surface area (Å²) in [6, 6.07) is 0. The van der Waals surface area contributed by atoms with E-state index in [-0.39, 0.29) is 13.2 Å². The highest BCUT2D eigenvalue weighted by molar-refractivity contribution is 4.89. The fraction of sp³-hybridized carbons (Fsp3) is 1.00. The maximum absolute atomic E-state index is 12.7. The molecule has 2 aliphatic rings. The maximum atomic E-state index is 12.7. The van der Waals surface area contributed by atoms with E-state index in [1.807, 2.05) is 6.92 Å². The summed E-state index contributed by atoms with van der Waals surface area (Å²) in [5.41, 5.74) is -0.450. The van der Waals surface area contributed by atoms with Crippen LogP contribution in [0.3, 0.4) is 0 Å². The van der Waals surface area contributed by atoms with Gasteiger partial charge in [0.2, 0.25) is 0 Å². The van der Waals surface area contributed by atoms with Gasteiger partial charge in [0, 0.05) is 5.41 Å². The fourth-order valence-corrected chi connectivity index (χ4v) is 3.56. The summed E-state index contributed by atoms with van der Waals surface area (Å²) in [7, 11) is 0. The van der Waals surface area contributed by atoms with E-state index in [1.54, 1.807) is 0 Å². The first-order valence-corrected chi connectivity index (χ1v) is 7.77. The SMILES string of the molecule is CCCC1CCC(C2(C)COC(O)(C(F)(F)F)OC2)CC1. The second-order valence-electron chi connectivity index (χ2n) is 6.82. The van der Waals surface area contributed by atoms with Gasteiger partial charge in [-0.1, -0.05) is 39.5 Å². The summed E-state index contributed by atoms with van der Waals surface area (Å²) in [5.74, 6) is -2.40. The Labute approximate surface area is 123 Å². The number of aliphatic hydroxyl groups is 1. The van der Waals surface area contributed by atoms with Crippen LogP contribution in [0.4, 0.5) is 13.2 Å². The van der Waals surface area contributed by atoms with Gasteiger partial charge in [0.15, 0.2) is 0 Å². The van der Waals surface area contributed by atoms with E-state index in [1.165, 1.54) is 12.8 Å². The first-order chi connectivity index (χ1) is 9.70. The van der Waals surface area contributed by atoms with Crippen LogP contribution >= 0.6 is 0 Å². The highest BCUT2D eigenvalue weighted by Crippen LogP contribution is 2.47. The van der Waals surface area contributed by atoms with Gasteiger partial charge in [0.1, 0.15) is 0 Å². The first-order valence-electron chi connectivity index (χ1n) is 7.77. The van der Waals surface area contributed by atoms with Crippen molar-refractivity contribution in [1.82, 2.24) is 0 Å². The number of ether oxygens (including phenoxy) is 2. The zero-order chi connectivity index (χ0) is 15.7. The third-order valence-electron chi connectivity index (χ3n) is 5.08. The van der Waals surface area contributed by atoms with E-state index in [0.717, 1.165) is 31.6 Å². The van der Waals surface area contributed by atoms with Crippen molar-refractivity contribution < 1.29 is 27.8 Å². The van der Waals surface area contributed by atoms with Crippen molar-refractivity contribution in [2.24, 2.45) is 17.3 Å². The lowest BCUT2D eigenvalue weighted by molar-refractivity contribution is -0.497. The van der Waals surface area contributed by atoms with Crippen LogP contribution in [0, 0.1) is 17.3 Å². The van der Waals surface area contributed by atoms with Crippen molar-refractivity contribution in [3.63, 3.8) is 0 Å². The third kappa shape index (κ3) is 3.54. The zero-order valence-corrected chi connectivity index (χ0v) is 12.7. The molecule has 0 unspecified atom stereocenters. The Bertz CT molecular complexity index is 341. The molecular formula is C15H25F3O3. The molecule has 1 aliphatic carbocycles. The van der Waals surface area contributed by atoms with Gasteiger partial charge in [-0.3, -0.25) is 0 Å². The average molecular weight is 310 g/mol. The summed E-state index contributed by atoms with van der Waals surface area (Å²) in [5, 5.41) is 9.38. The second kappa shape index (κ2) is 6.05. The van der Waals surface area contributed by atoms with Gasteiger partial charge in [-0.2, -0.15) is 13.2 Å². The lowest BCUT2D eigenvalue weighted by Gasteiger charge is -2.47. The van der Waals surface area contributed by atoms with Crippen molar-refractivity contribution in [2.75, 3.05) is 13.2 Å². The summed E-state index contributed by atoms with van der Waals surface area (Å²) in [6.45, 7) is 3.83. The molecule has 1 saturated heterocycles. The number of hydrogen-bond acceptors (Lipinski definition) is 3. The van der Waals surface area contributed by atoms with Crippen LogP contribution in [0.5, 0.6) is 0 Å². The first kappa shape index (κ1) is 17.0. The van der Waals surface area contributed by atoms with Crippen molar-refractivity contribution in [3.8, 4) is 0 Å². The Morgan fingerprint density at radius 2 is 1.62 bits per heavy atom. The summed E-state index contributed by atoms with van der Waals surface area (Å²) >= 11 is 0. The fourth-order valence-electron chi connectivity index (χ4n) is 3.56. The number of hydrogen-bond donors (Lipinski definition) is 1. The molecule has 21 heavy (non-hydrogen) atoms. The van der Waals surface area contributed by atoms with E-state index >= 15 is 0 Å². The number of rotatable bonds is 3. The highest BCUT2D eigenvalue weighted by atomic mass is 19.4. The van der Waals surface area contributed by atoms with Crippen LogP contribution in [0.2, 0.25) is 0 Å². The lowest BCUT2D eigenvalue weighted by atomic mass is 9.67. The molecule has 0 bridgehead atoms. The molecule has 124 valence electrons. The molecule has 0 amide bonds. The molecular weight excluding hydrogens is 285 g/mol. The Kier molecular flexibility index (Phi) is 4.90. The van der Waals surface area contributed by atoms with Gasteiger partial charge in [-0.25, -0.2) is 0 Å². The third-order valence-corrected chi connectivity index (χ3v) is 5.08. The van der Waals surface area contributed by atoms with Gasteiger partial charge in [-0.05, 0) is 24.7 Å². The van der Waals surface area contributed by atoms with Gasteiger partial charge >= 0.3 is 12.1 Å². The number of halogens is 3. The Hall–Kier alpha value is -0.330. The molecule has 3 nitrogen and oxygen atoms in total. The van der Waals surface area contributed by atoms with Crippen molar-refractivity contribution in [1.29, 1.82) is 0 Å². The molecule has 1 aliphatic heterocycles. The van der Waals surface area contributed by atoms with Gasteiger partial charge in [0.05, 0.1) is 13.2 Å². The average Bonchev–Trinajstić information content (AvgIpc) is 2.42. The topological polar surface area (TPSA) is 38.7 Å². The van der Waals surface area contributed by atoms with Crippen molar-refractivity contribution in [3.05, 3.63) is 0 Å². The Balaban J connectivity index is 1.91. The summed E-state index contributed by atoms with van der Waals surface area (Å²) in [4.78, 5) is 0. The van der Waals surface area contributed by atoms with Crippen LogP contribution in [0.25, 0.3) is 0 Å². The molecule has 2 rings (SSSR count). The molecule has 2 fully saturated rings. The molecule has 0 radical (unpaired) electrons. The molecule has 6 heteroatoms. The molecule has 0 spiro atoms. The maximum Gasteiger partial charge on any atom is 0.473 e. The Morgan fingerprint density at radius 1 is 1.10 bits per heavy atom. The minimum atomic E-state index is -4.92. The van der Waals surface area contributed by atoms with E-state index in [4.69, 9.17) is 0 Å². The smallest absolute Gasteiger partial charge is 0.336 e. The predicted molar refractivity (Wildman–Crippen MR) is 71.4 cm³/mol. The van der Waals surface area contributed by atoms with E-state index < -0.39 is 17.6 Å². The van der Waals surface area contributed by atoms with Gasteiger partial charge < -0.3 is 14.6 Å². The number of alkyl halides is 3. The van der Waals surface area contributed by atoms with Crippen LogP contribution in [0.1, 0.15) is 52.4 Å². The molecule has 0 aromatic carbocycles. The minimum absolute atomic E-state index is 0.119. The standard InChI is InChI=1S/C15H25F3O3/c1-3-4-11-5-7-12(8-6-11)13(2)9-20-15(19,21-10-13)14(16,17)18/h11-12,19H,3-10H2,1-2H3. The minimum Gasteiger partial charge on any atom is -0.336 e.